The summed E-state index contributed by atoms with van der Waals surface area (Å²) in [5, 5.41) is 10.2. The molecular formula is C14H12O2. The zero-order valence-electron chi connectivity index (χ0n) is 8.81. The highest BCUT2D eigenvalue weighted by Crippen LogP contribution is 2.38. The van der Waals surface area contributed by atoms with Crippen LogP contribution in [-0.4, -0.2) is 10.9 Å². The van der Waals surface area contributed by atoms with Crippen LogP contribution in [-0.2, 0) is 4.79 Å². The van der Waals surface area contributed by atoms with Crippen LogP contribution in [0.5, 0.6) is 0 Å². The standard InChI is InChI=1S/C14H12O2/c15-13-9-5-1-2-6-10(9)14(16)12-8-4-3-7-11(12)13/h1-6,9,16H,7-8H2. The van der Waals surface area contributed by atoms with E-state index in [2.05, 4.69) is 0 Å². The number of allylic oxidation sites excluding steroid dienone is 9. The van der Waals surface area contributed by atoms with Crippen molar-refractivity contribution in [1.82, 2.24) is 0 Å². The molecule has 16 heavy (non-hydrogen) atoms. The summed E-state index contributed by atoms with van der Waals surface area (Å²) in [5.74, 6) is 0.188. The van der Waals surface area contributed by atoms with Gasteiger partial charge in [-0.3, -0.25) is 4.79 Å². The van der Waals surface area contributed by atoms with E-state index in [1.54, 1.807) is 0 Å². The minimum absolute atomic E-state index is 0.146. The molecule has 0 bridgehead atoms. The molecule has 80 valence electrons. The fraction of sp³-hybridized carbons (Fsp3) is 0.214. The SMILES string of the molecule is O=C1C2=C(CC=CC2)C(O)=C2C=CC=CC12. The number of aliphatic hydroxyl groups is 1. The Kier molecular flexibility index (Phi) is 1.96. The Bertz CT molecular complexity index is 510. The molecule has 0 saturated carbocycles. The molecule has 0 fully saturated rings. The Morgan fingerprint density at radius 1 is 1.12 bits per heavy atom. The van der Waals surface area contributed by atoms with Crippen molar-refractivity contribution in [2.45, 2.75) is 12.8 Å². The molecule has 0 spiro atoms. The average molecular weight is 212 g/mol. The van der Waals surface area contributed by atoms with Gasteiger partial charge in [-0.15, -0.1) is 0 Å². The number of aliphatic hydroxyl groups excluding tert-OH is 1. The first-order chi connectivity index (χ1) is 7.79. The molecule has 2 nitrogen and oxygen atoms in total. The van der Waals surface area contributed by atoms with Crippen LogP contribution < -0.4 is 0 Å². The molecule has 0 aromatic heterocycles. The van der Waals surface area contributed by atoms with Crippen molar-refractivity contribution in [3.8, 4) is 0 Å². The highest BCUT2D eigenvalue weighted by molar-refractivity contribution is 6.04. The maximum Gasteiger partial charge on any atom is 0.170 e. The quantitative estimate of drug-likeness (QED) is 0.627. The summed E-state index contributed by atoms with van der Waals surface area (Å²) >= 11 is 0. The number of hydrogen-bond donors (Lipinski definition) is 1. The highest BCUT2D eigenvalue weighted by Gasteiger charge is 2.34. The summed E-state index contributed by atoms with van der Waals surface area (Å²) in [6.45, 7) is 0. The first kappa shape index (κ1) is 9.40. The fourth-order valence-electron chi connectivity index (χ4n) is 2.50. The van der Waals surface area contributed by atoms with E-state index in [9.17, 15) is 9.90 Å². The first-order valence-electron chi connectivity index (χ1n) is 5.48. The second kappa shape index (κ2) is 3.34. The molecule has 1 unspecified atom stereocenters. The summed E-state index contributed by atoms with van der Waals surface area (Å²) < 4.78 is 0. The van der Waals surface area contributed by atoms with E-state index in [1.165, 1.54) is 0 Å². The number of ketones is 1. The lowest BCUT2D eigenvalue weighted by molar-refractivity contribution is -0.117. The molecule has 0 aliphatic heterocycles. The summed E-state index contributed by atoms with van der Waals surface area (Å²) in [5.41, 5.74) is 2.36. The van der Waals surface area contributed by atoms with Crippen LogP contribution >= 0.6 is 0 Å². The molecule has 1 atom stereocenters. The Morgan fingerprint density at radius 3 is 2.69 bits per heavy atom. The van der Waals surface area contributed by atoms with Gasteiger partial charge in [0.05, 0.1) is 5.92 Å². The maximum absolute atomic E-state index is 12.2. The minimum Gasteiger partial charge on any atom is -0.507 e. The van der Waals surface area contributed by atoms with Gasteiger partial charge in [0, 0.05) is 16.7 Å². The van der Waals surface area contributed by atoms with Gasteiger partial charge >= 0.3 is 0 Å². The van der Waals surface area contributed by atoms with Crippen LogP contribution in [0, 0.1) is 5.92 Å². The van der Waals surface area contributed by atoms with E-state index < -0.39 is 0 Å². The third kappa shape index (κ3) is 1.16. The summed E-state index contributed by atoms with van der Waals surface area (Å²) in [7, 11) is 0. The van der Waals surface area contributed by atoms with Crippen molar-refractivity contribution in [3.63, 3.8) is 0 Å². The van der Waals surface area contributed by atoms with Gasteiger partial charge in [0.15, 0.2) is 5.78 Å². The summed E-state index contributed by atoms with van der Waals surface area (Å²) in [6, 6.07) is 0. The number of hydrogen-bond acceptors (Lipinski definition) is 2. The number of fused-ring (bicyclic) bond motifs is 1. The molecule has 3 rings (SSSR count). The van der Waals surface area contributed by atoms with Crippen molar-refractivity contribution in [1.29, 1.82) is 0 Å². The van der Waals surface area contributed by atoms with E-state index >= 15 is 0 Å². The van der Waals surface area contributed by atoms with Gasteiger partial charge in [0.1, 0.15) is 5.76 Å². The van der Waals surface area contributed by atoms with Crippen molar-refractivity contribution in [3.05, 3.63) is 58.9 Å². The summed E-state index contributed by atoms with van der Waals surface area (Å²) in [4.78, 5) is 12.2. The normalized spacial score (nSPS) is 27.2. The smallest absolute Gasteiger partial charge is 0.170 e. The number of carbonyl (C=O) groups excluding carboxylic acids is 1. The lowest BCUT2D eigenvalue weighted by atomic mass is 9.76. The van der Waals surface area contributed by atoms with Crippen molar-refractivity contribution >= 4 is 5.78 Å². The van der Waals surface area contributed by atoms with E-state index in [0.717, 1.165) is 16.7 Å². The van der Waals surface area contributed by atoms with Crippen molar-refractivity contribution < 1.29 is 9.90 Å². The van der Waals surface area contributed by atoms with Crippen LogP contribution in [0.25, 0.3) is 0 Å². The van der Waals surface area contributed by atoms with Crippen LogP contribution in [0.3, 0.4) is 0 Å². The second-order valence-electron chi connectivity index (χ2n) is 4.23. The zero-order valence-corrected chi connectivity index (χ0v) is 8.81. The van der Waals surface area contributed by atoms with Gasteiger partial charge in [-0.2, -0.15) is 0 Å². The number of rotatable bonds is 0. The second-order valence-corrected chi connectivity index (χ2v) is 4.23. The molecule has 0 radical (unpaired) electrons. The summed E-state index contributed by atoms with van der Waals surface area (Å²) in [6.07, 6.45) is 12.7. The maximum atomic E-state index is 12.2. The molecule has 2 heteroatoms. The van der Waals surface area contributed by atoms with Gasteiger partial charge in [-0.1, -0.05) is 36.5 Å². The van der Waals surface area contributed by atoms with E-state index in [1.807, 2.05) is 36.5 Å². The van der Waals surface area contributed by atoms with Crippen LogP contribution in [0.2, 0.25) is 0 Å². The molecule has 0 saturated heterocycles. The minimum atomic E-state index is -0.268. The van der Waals surface area contributed by atoms with Crippen LogP contribution in [0.1, 0.15) is 12.8 Å². The lowest BCUT2D eigenvalue weighted by Gasteiger charge is -2.28. The van der Waals surface area contributed by atoms with Gasteiger partial charge < -0.3 is 5.11 Å². The molecule has 0 heterocycles. The molecule has 1 N–H and O–H groups in total. The van der Waals surface area contributed by atoms with Gasteiger partial charge in [-0.25, -0.2) is 0 Å². The van der Waals surface area contributed by atoms with E-state index in [0.29, 0.717) is 18.6 Å². The van der Waals surface area contributed by atoms with Gasteiger partial charge in [-0.05, 0) is 12.8 Å². The van der Waals surface area contributed by atoms with Crippen molar-refractivity contribution in [2.24, 2.45) is 5.92 Å². The Hall–Kier alpha value is -1.83. The van der Waals surface area contributed by atoms with Gasteiger partial charge in [0.2, 0.25) is 0 Å². The monoisotopic (exact) mass is 212 g/mol. The van der Waals surface area contributed by atoms with E-state index in [-0.39, 0.29) is 11.7 Å². The fourth-order valence-corrected chi connectivity index (χ4v) is 2.50. The third-order valence-electron chi connectivity index (χ3n) is 3.34. The van der Waals surface area contributed by atoms with Crippen LogP contribution in [0.15, 0.2) is 58.9 Å². The third-order valence-corrected chi connectivity index (χ3v) is 3.34. The first-order valence-corrected chi connectivity index (χ1v) is 5.48. The lowest BCUT2D eigenvalue weighted by Crippen LogP contribution is -2.25. The zero-order chi connectivity index (χ0) is 11.1. The molecule has 3 aliphatic carbocycles. The Labute approximate surface area is 94.0 Å². The van der Waals surface area contributed by atoms with Gasteiger partial charge in [0.25, 0.3) is 0 Å². The van der Waals surface area contributed by atoms with Crippen LogP contribution in [0.4, 0.5) is 0 Å². The van der Waals surface area contributed by atoms with Crippen molar-refractivity contribution in [2.75, 3.05) is 0 Å². The van der Waals surface area contributed by atoms with E-state index in [4.69, 9.17) is 0 Å². The molecule has 3 aliphatic rings. The average Bonchev–Trinajstić information content (AvgIpc) is 2.36. The highest BCUT2D eigenvalue weighted by atomic mass is 16.3. The Balaban J connectivity index is 2.17. The number of Topliss-reactive ketones (excluding diaryl/α,β-unsaturated/α-hetero) is 1. The predicted molar refractivity (Wildman–Crippen MR) is 61.8 cm³/mol. The molecule has 0 aromatic carbocycles. The largest absolute Gasteiger partial charge is 0.507 e. The predicted octanol–water partition coefficient (Wildman–Crippen LogP) is 2.77. The molecule has 0 amide bonds. The Morgan fingerprint density at radius 2 is 1.88 bits per heavy atom. The topological polar surface area (TPSA) is 37.3 Å². The molecule has 0 aromatic rings. The number of carbonyl (C=O) groups is 1. The molecular weight excluding hydrogens is 200 g/mol.